The third-order valence-corrected chi connectivity index (χ3v) is 6.31. The minimum absolute atomic E-state index is 0.00188. The Labute approximate surface area is 198 Å². The van der Waals surface area contributed by atoms with Crippen LogP contribution in [0.4, 0.5) is 5.69 Å². The van der Waals surface area contributed by atoms with Crippen LogP contribution >= 0.6 is 11.3 Å². The number of piperazine rings is 1. The molecule has 33 heavy (non-hydrogen) atoms. The van der Waals surface area contributed by atoms with Crippen LogP contribution in [0.15, 0.2) is 59.4 Å². The molecule has 1 N–H and O–H groups in total. The summed E-state index contributed by atoms with van der Waals surface area (Å²) in [5.74, 6) is 0.686. The molecule has 8 heteroatoms. The van der Waals surface area contributed by atoms with Gasteiger partial charge in [-0.2, -0.15) is 0 Å². The fourth-order valence-corrected chi connectivity index (χ4v) is 4.34. The predicted octanol–water partition coefficient (Wildman–Crippen LogP) is 3.68. The number of ether oxygens (including phenoxy) is 1. The second-order valence-corrected chi connectivity index (χ2v) is 8.64. The summed E-state index contributed by atoms with van der Waals surface area (Å²) < 4.78 is 5.71. The van der Waals surface area contributed by atoms with E-state index in [1.54, 1.807) is 17.6 Å². The molecule has 2 aromatic carbocycles. The SMILES string of the molecule is CCc1ccccc1NC(=O)CN1CCN(C(=O)c2ccc(OCc3cscn3)cc2)CC1. The van der Waals surface area contributed by atoms with Gasteiger partial charge in [0.25, 0.3) is 5.91 Å². The van der Waals surface area contributed by atoms with Gasteiger partial charge < -0.3 is 15.0 Å². The lowest BCUT2D eigenvalue weighted by Crippen LogP contribution is -2.50. The Morgan fingerprint density at radius 1 is 1.06 bits per heavy atom. The zero-order valence-corrected chi connectivity index (χ0v) is 19.5. The fourth-order valence-electron chi connectivity index (χ4n) is 3.79. The molecule has 0 aliphatic carbocycles. The second kappa shape index (κ2) is 11.1. The topological polar surface area (TPSA) is 74.8 Å². The number of rotatable bonds is 8. The van der Waals surface area contributed by atoms with E-state index < -0.39 is 0 Å². The number of nitrogens with zero attached hydrogens (tertiary/aromatic N) is 3. The number of thiazole rings is 1. The summed E-state index contributed by atoms with van der Waals surface area (Å²) in [6.07, 6.45) is 0.871. The maximum absolute atomic E-state index is 12.9. The number of hydrogen-bond acceptors (Lipinski definition) is 6. The number of amides is 2. The molecule has 172 valence electrons. The second-order valence-electron chi connectivity index (χ2n) is 7.92. The zero-order valence-electron chi connectivity index (χ0n) is 18.7. The monoisotopic (exact) mass is 464 g/mol. The Kier molecular flexibility index (Phi) is 7.70. The number of aromatic nitrogens is 1. The van der Waals surface area contributed by atoms with Gasteiger partial charge >= 0.3 is 0 Å². The molecule has 0 bridgehead atoms. The van der Waals surface area contributed by atoms with Gasteiger partial charge in [0, 0.05) is 42.8 Å². The van der Waals surface area contributed by atoms with Crippen LogP contribution in [0.25, 0.3) is 0 Å². The van der Waals surface area contributed by atoms with Crippen LogP contribution < -0.4 is 10.1 Å². The van der Waals surface area contributed by atoms with E-state index in [0.717, 1.165) is 23.4 Å². The summed E-state index contributed by atoms with van der Waals surface area (Å²) in [6.45, 7) is 5.35. The van der Waals surface area contributed by atoms with Crippen LogP contribution in [0.1, 0.15) is 28.5 Å². The first-order valence-electron chi connectivity index (χ1n) is 11.1. The summed E-state index contributed by atoms with van der Waals surface area (Å²) in [5, 5.41) is 4.97. The molecule has 0 spiro atoms. The quantitative estimate of drug-likeness (QED) is 0.551. The molecule has 1 saturated heterocycles. The average Bonchev–Trinajstić information content (AvgIpc) is 3.37. The first-order chi connectivity index (χ1) is 16.1. The largest absolute Gasteiger partial charge is 0.487 e. The third-order valence-electron chi connectivity index (χ3n) is 5.67. The molecule has 2 amide bonds. The highest BCUT2D eigenvalue weighted by Gasteiger charge is 2.23. The van der Waals surface area contributed by atoms with Crippen molar-refractivity contribution in [2.45, 2.75) is 20.0 Å². The van der Waals surface area contributed by atoms with Gasteiger partial charge in [-0.1, -0.05) is 25.1 Å². The van der Waals surface area contributed by atoms with Crippen molar-refractivity contribution in [2.75, 3.05) is 38.0 Å². The normalized spacial score (nSPS) is 14.2. The van der Waals surface area contributed by atoms with Gasteiger partial charge in [0.1, 0.15) is 12.4 Å². The van der Waals surface area contributed by atoms with Crippen molar-refractivity contribution in [1.29, 1.82) is 0 Å². The zero-order chi connectivity index (χ0) is 23.0. The molecule has 1 aliphatic rings. The lowest BCUT2D eigenvalue weighted by molar-refractivity contribution is -0.117. The number of benzene rings is 2. The van der Waals surface area contributed by atoms with E-state index in [-0.39, 0.29) is 11.8 Å². The van der Waals surface area contributed by atoms with E-state index in [1.807, 2.05) is 46.7 Å². The number of hydrogen-bond donors (Lipinski definition) is 1. The lowest BCUT2D eigenvalue weighted by atomic mass is 10.1. The lowest BCUT2D eigenvalue weighted by Gasteiger charge is -2.34. The van der Waals surface area contributed by atoms with Crippen molar-refractivity contribution in [3.8, 4) is 5.75 Å². The van der Waals surface area contributed by atoms with Crippen LogP contribution in [0.3, 0.4) is 0 Å². The number of carbonyl (C=O) groups is 2. The van der Waals surface area contributed by atoms with Gasteiger partial charge in [-0.15, -0.1) is 11.3 Å². The maximum atomic E-state index is 12.9. The van der Waals surface area contributed by atoms with E-state index in [4.69, 9.17) is 4.74 Å². The highest BCUT2D eigenvalue weighted by molar-refractivity contribution is 7.07. The highest BCUT2D eigenvalue weighted by atomic mass is 32.1. The number of para-hydroxylation sites is 1. The standard InChI is InChI=1S/C25H28N4O3S/c1-2-19-5-3-4-6-23(19)27-24(30)15-28-11-13-29(14-12-28)25(31)20-7-9-22(10-8-20)32-16-21-17-33-18-26-21/h3-10,17-18H,2,11-16H2,1H3,(H,27,30). The summed E-state index contributed by atoms with van der Waals surface area (Å²) in [7, 11) is 0. The third kappa shape index (κ3) is 6.18. The number of aryl methyl sites for hydroxylation is 1. The molecule has 1 fully saturated rings. The number of nitrogens with one attached hydrogen (secondary N) is 1. The number of anilines is 1. The molecule has 4 rings (SSSR count). The molecular weight excluding hydrogens is 436 g/mol. The van der Waals surface area contributed by atoms with Crippen molar-refractivity contribution in [2.24, 2.45) is 0 Å². The molecular formula is C25H28N4O3S. The Balaban J connectivity index is 1.23. The molecule has 1 aliphatic heterocycles. The van der Waals surface area contributed by atoms with Crippen LogP contribution in [0.5, 0.6) is 5.75 Å². The van der Waals surface area contributed by atoms with Crippen LogP contribution in [0.2, 0.25) is 0 Å². The molecule has 0 unspecified atom stereocenters. The maximum Gasteiger partial charge on any atom is 0.253 e. The van der Waals surface area contributed by atoms with Gasteiger partial charge in [-0.25, -0.2) is 4.98 Å². The van der Waals surface area contributed by atoms with Crippen LogP contribution in [0, 0.1) is 0 Å². The van der Waals surface area contributed by atoms with Crippen molar-refractivity contribution < 1.29 is 14.3 Å². The van der Waals surface area contributed by atoms with E-state index in [0.29, 0.717) is 50.6 Å². The minimum atomic E-state index is -0.0242. The minimum Gasteiger partial charge on any atom is -0.487 e. The summed E-state index contributed by atoms with van der Waals surface area (Å²) in [4.78, 5) is 33.5. The van der Waals surface area contributed by atoms with Crippen molar-refractivity contribution in [1.82, 2.24) is 14.8 Å². The molecule has 0 saturated carbocycles. The first-order valence-corrected chi connectivity index (χ1v) is 12.1. The van der Waals surface area contributed by atoms with E-state index in [9.17, 15) is 9.59 Å². The molecule has 0 atom stereocenters. The highest BCUT2D eigenvalue weighted by Crippen LogP contribution is 2.17. The summed E-state index contributed by atoms with van der Waals surface area (Å²) in [6, 6.07) is 15.1. The van der Waals surface area contributed by atoms with Gasteiger partial charge in [-0.3, -0.25) is 14.5 Å². The van der Waals surface area contributed by atoms with Crippen molar-refractivity contribution >= 4 is 28.8 Å². The fraction of sp³-hybridized carbons (Fsp3) is 0.320. The predicted molar refractivity (Wildman–Crippen MR) is 130 cm³/mol. The van der Waals surface area contributed by atoms with Crippen molar-refractivity contribution in [3.63, 3.8) is 0 Å². The first kappa shape index (κ1) is 22.9. The number of carbonyl (C=O) groups excluding carboxylic acids is 2. The van der Waals surface area contributed by atoms with Gasteiger partial charge in [0.2, 0.25) is 5.91 Å². The molecule has 7 nitrogen and oxygen atoms in total. The van der Waals surface area contributed by atoms with Gasteiger partial charge in [0.05, 0.1) is 17.7 Å². The summed E-state index contributed by atoms with van der Waals surface area (Å²) >= 11 is 1.53. The van der Waals surface area contributed by atoms with E-state index in [2.05, 4.69) is 22.1 Å². The van der Waals surface area contributed by atoms with Crippen LogP contribution in [-0.2, 0) is 17.8 Å². The summed E-state index contributed by atoms with van der Waals surface area (Å²) in [5.41, 5.74) is 5.30. The van der Waals surface area contributed by atoms with E-state index >= 15 is 0 Å². The Morgan fingerprint density at radius 3 is 2.52 bits per heavy atom. The Morgan fingerprint density at radius 2 is 1.82 bits per heavy atom. The molecule has 3 aromatic rings. The smallest absolute Gasteiger partial charge is 0.253 e. The van der Waals surface area contributed by atoms with Gasteiger partial charge in [-0.05, 0) is 42.3 Å². The van der Waals surface area contributed by atoms with Crippen molar-refractivity contribution in [3.05, 3.63) is 76.2 Å². The molecule has 2 heterocycles. The van der Waals surface area contributed by atoms with Gasteiger partial charge in [0.15, 0.2) is 0 Å². The Hall–Kier alpha value is -3.23. The Bertz CT molecular complexity index is 1060. The average molecular weight is 465 g/mol. The molecule has 1 aromatic heterocycles. The van der Waals surface area contributed by atoms with E-state index in [1.165, 1.54) is 11.3 Å². The van der Waals surface area contributed by atoms with Crippen LogP contribution in [-0.4, -0.2) is 59.3 Å². The molecule has 0 radical (unpaired) electrons.